The van der Waals surface area contributed by atoms with Crippen molar-refractivity contribution >= 4 is 32.8 Å². The lowest BCUT2D eigenvalue weighted by Crippen LogP contribution is -1.83. The molecule has 0 N–H and O–H groups in total. The third kappa shape index (κ3) is 2.42. The van der Waals surface area contributed by atoms with Gasteiger partial charge in [-0.05, 0) is 46.7 Å². The van der Waals surface area contributed by atoms with E-state index in [1.807, 2.05) is 0 Å². The molecule has 10 heavy (non-hydrogen) atoms. The maximum Gasteiger partial charge on any atom is 0.0225 e. The summed E-state index contributed by atoms with van der Waals surface area (Å²) in [6.07, 6.45) is 1.12. The smallest absolute Gasteiger partial charge is 0.0225 e. The normalized spacial score (nSPS) is 9.80. The van der Waals surface area contributed by atoms with Crippen LogP contribution in [0.4, 0.5) is 0 Å². The van der Waals surface area contributed by atoms with Gasteiger partial charge in [-0.1, -0.05) is 18.2 Å². The van der Waals surface area contributed by atoms with Crippen LogP contribution in [0, 0.1) is 3.57 Å². The van der Waals surface area contributed by atoms with Crippen LogP contribution in [0.25, 0.3) is 0 Å². The van der Waals surface area contributed by atoms with E-state index in [1.54, 1.807) is 0 Å². The summed E-state index contributed by atoms with van der Waals surface area (Å²) in [6.45, 7) is 0. The Kier molecular flexibility index (Phi) is 3.41. The van der Waals surface area contributed by atoms with E-state index in [9.17, 15) is 0 Å². The van der Waals surface area contributed by atoms with E-state index in [4.69, 9.17) is 0 Å². The Hall–Kier alpha value is 0.167. The monoisotopic (exact) mass is 259 g/mol. The van der Waals surface area contributed by atoms with Crippen LogP contribution >= 0.6 is 22.6 Å². The first kappa shape index (κ1) is 8.27. The quantitative estimate of drug-likeness (QED) is 0.565. The first-order valence-electron chi connectivity index (χ1n) is 3.22. The van der Waals surface area contributed by atoms with Gasteiger partial charge in [-0.15, -0.1) is 0 Å². The number of hydrogen-bond donors (Lipinski definition) is 0. The van der Waals surface area contributed by atoms with E-state index < -0.39 is 0 Å². The van der Waals surface area contributed by atoms with Crippen molar-refractivity contribution in [3.8, 4) is 0 Å². The second-order valence-electron chi connectivity index (χ2n) is 2.13. The van der Waals surface area contributed by atoms with Crippen LogP contribution in [0.15, 0.2) is 24.3 Å². The summed E-state index contributed by atoms with van der Waals surface area (Å²) in [7, 11) is 3.45. The number of hydrogen-bond acceptors (Lipinski definition) is 0. The van der Waals surface area contributed by atoms with Crippen molar-refractivity contribution in [2.24, 2.45) is 0 Å². The van der Waals surface area contributed by atoms with E-state index in [0.717, 1.165) is 12.5 Å². The van der Waals surface area contributed by atoms with Crippen molar-refractivity contribution < 1.29 is 0 Å². The number of halogens is 1. The average Bonchev–Trinajstić information content (AvgIpc) is 1.88. The highest BCUT2D eigenvalue weighted by Gasteiger charge is 1.90. The van der Waals surface area contributed by atoms with Crippen LogP contribution in [-0.2, 0) is 6.42 Å². The molecule has 0 spiro atoms. The fraction of sp³-hybridized carbons (Fsp3) is 0.250. The standard InChI is InChI=1S/C8H8ISi/c9-8-3-1-2-7(6-8)4-5-10/h1-3,6H,4-5H2. The molecule has 0 aromatic heterocycles. The second-order valence-corrected chi connectivity index (χ2v) is 3.88. The predicted octanol–water partition coefficient (Wildman–Crippen LogP) is 2.42. The summed E-state index contributed by atoms with van der Waals surface area (Å²) >= 11 is 2.33. The molecule has 0 fully saturated rings. The van der Waals surface area contributed by atoms with Crippen molar-refractivity contribution in [1.29, 1.82) is 0 Å². The number of aryl methyl sites for hydroxylation is 1. The van der Waals surface area contributed by atoms with Crippen LogP contribution in [0.2, 0.25) is 6.04 Å². The van der Waals surface area contributed by atoms with E-state index in [1.165, 1.54) is 9.13 Å². The van der Waals surface area contributed by atoms with Crippen molar-refractivity contribution in [2.75, 3.05) is 0 Å². The zero-order valence-electron chi connectivity index (χ0n) is 5.60. The summed E-state index contributed by atoms with van der Waals surface area (Å²) in [5.41, 5.74) is 1.40. The Morgan fingerprint density at radius 3 is 2.80 bits per heavy atom. The summed E-state index contributed by atoms with van der Waals surface area (Å²) in [5.74, 6) is 0. The van der Waals surface area contributed by atoms with Gasteiger partial charge in [0.05, 0.1) is 0 Å². The maximum absolute atomic E-state index is 3.45. The Bertz CT molecular complexity index is 210. The molecule has 0 aliphatic carbocycles. The van der Waals surface area contributed by atoms with E-state index in [-0.39, 0.29) is 0 Å². The van der Waals surface area contributed by atoms with Crippen LogP contribution in [0.5, 0.6) is 0 Å². The summed E-state index contributed by atoms with van der Waals surface area (Å²) in [6, 6.07) is 9.61. The molecule has 1 aromatic carbocycles. The molecule has 1 rings (SSSR count). The predicted molar refractivity (Wildman–Crippen MR) is 53.4 cm³/mol. The van der Waals surface area contributed by atoms with Gasteiger partial charge in [0, 0.05) is 13.8 Å². The fourth-order valence-electron chi connectivity index (χ4n) is 0.837. The molecule has 3 radical (unpaired) electrons. The number of rotatable bonds is 2. The Balaban J connectivity index is 2.75. The third-order valence-corrected chi connectivity index (χ3v) is 2.22. The van der Waals surface area contributed by atoms with Crippen LogP contribution in [-0.4, -0.2) is 10.2 Å². The van der Waals surface area contributed by atoms with Crippen LogP contribution in [0.3, 0.4) is 0 Å². The van der Waals surface area contributed by atoms with Crippen molar-refractivity contribution in [3.63, 3.8) is 0 Å². The number of benzene rings is 1. The van der Waals surface area contributed by atoms with Crippen LogP contribution in [0.1, 0.15) is 5.56 Å². The topological polar surface area (TPSA) is 0 Å². The molecule has 0 unspecified atom stereocenters. The zero-order chi connectivity index (χ0) is 7.40. The second kappa shape index (κ2) is 4.13. The minimum atomic E-state index is 1.04. The molecule has 0 bridgehead atoms. The molecule has 51 valence electrons. The molecule has 0 aliphatic heterocycles. The molecule has 1 aromatic rings. The molecule has 0 amide bonds. The molecule has 0 heterocycles. The van der Waals surface area contributed by atoms with Gasteiger partial charge in [0.1, 0.15) is 0 Å². The Morgan fingerprint density at radius 1 is 1.40 bits per heavy atom. The maximum atomic E-state index is 3.45. The highest BCUT2D eigenvalue weighted by molar-refractivity contribution is 14.1. The molecule has 0 saturated carbocycles. The first-order valence-corrected chi connectivity index (χ1v) is 5.00. The first-order chi connectivity index (χ1) is 4.83. The van der Waals surface area contributed by atoms with Gasteiger partial charge < -0.3 is 0 Å². The summed E-state index contributed by atoms with van der Waals surface area (Å²) < 4.78 is 1.32. The summed E-state index contributed by atoms with van der Waals surface area (Å²) in [4.78, 5) is 0. The van der Waals surface area contributed by atoms with Gasteiger partial charge in [0.2, 0.25) is 0 Å². The Morgan fingerprint density at radius 2 is 2.20 bits per heavy atom. The van der Waals surface area contributed by atoms with Gasteiger partial charge >= 0.3 is 0 Å². The van der Waals surface area contributed by atoms with E-state index >= 15 is 0 Å². The van der Waals surface area contributed by atoms with Crippen molar-refractivity contribution in [3.05, 3.63) is 33.4 Å². The highest BCUT2D eigenvalue weighted by Crippen LogP contribution is 2.08. The summed E-state index contributed by atoms with van der Waals surface area (Å²) in [5, 5.41) is 0. The van der Waals surface area contributed by atoms with Crippen molar-refractivity contribution in [2.45, 2.75) is 12.5 Å². The molecule has 0 saturated heterocycles. The van der Waals surface area contributed by atoms with Crippen LogP contribution < -0.4 is 0 Å². The fourth-order valence-corrected chi connectivity index (χ4v) is 1.73. The minimum Gasteiger partial charge on any atom is -0.0609 e. The lowest BCUT2D eigenvalue weighted by atomic mass is 10.2. The van der Waals surface area contributed by atoms with Gasteiger partial charge in [-0.25, -0.2) is 0 Å². The average molecular weight is 259 g/mol. The lowest BCUT2D eigenvalue weighted by Gasteiger charge is -1.96. The Labute approximate surface area is 78.6 Å². The van der Waals surface area contributed by atoms with Gasteiger partial charge in [0.25, 0.3) is 0 Å². The molecular weight excluding hydrogens is 251 g/mol. The highest BCUT2D eigenvalue weighted by atomic mass is 127. The molecule has 0 nitrogen and oxygen atoms in total. The zero-order valence-corrected chi connectivity index (χ0v) is 8.76. The van der Waals surface area contributed by atoms with Gasteiger partial charge in [0.15, 0.2) is 0 Å². The largest absolute Gasteiger partial charge is 0.0609 e. The van der Waals surface area contributed by atoms with Gasteiger partial charge in [-0.2, -0.15) is 0 Å². The molecular formula is C8H8ISi. The molecule has 0 atom stereocenters. The third-order valence-electron chi connectivity index (χ3n) is 1.30. The SMILES string of the molecule is [Si]CCc1cccc(I)c1. The van der Waals surface area contributed by atoms with Gasteiger partial charge in [-0.3, -0.25) is 0 Å². The lowest BCUT2D eigenvalue weighted by molar-refractivity contribution is 1.13. The van der Waals surface area contributed by atoms with E-state index in [0.29, 0.717) is 0 Å². The van der Waals surface area contributed by atoms with Crippen molar-refractivity contribution in [1.82, 2.24) is 0 Å². The molecule has 0 aliphatic rings. The minimum absolute atomic E-state index is 1.04. The molecule has 2 heteroatoms. The van der Waals surface area contributed by atoms with E-state index in [2.05, 4.69) is 57.1 Å².